The number of hydrogen-bond acceptors (Lipinski definition) is 4. The summed E-state index contributed by atoms with van der Waals surface area (Å²) in [6.07, 6.45) is -1.57. The molecule has 2 aliphatic carbocycles. The fourth-order valence-corrected chi connectivity index (χ4v) is 3.36. The van der Waals surface area contributed by atoms with Gasteiger partial charge < -0.3 is 5.73 Å². The van der Waals surface area contributed by atoms with Crippen LogP contribution in [0.2, 0.25) is 0 Å². The second kappa shape index (κ2) is 3.86. The molecule has 0 spiro atoms. The van der Waals surface area contributed by atoms with E-state index in [-0.39, 0.29) is 12.8 Å². The minimum absolute atomic E-state index is 0.0834. The van der Waals surface area contributed by atoms with E-state index < -0.39 is 38.6 Å². The van der Waals surface area contributed by atoms with Crippen LogP contribution in [0, 0.1) is 5.92 Å². The highest BCUT2D eigenvalue weighted by Gasteiger charge is 2.57. The zero-order valence-corrected chi connectivity index (χ0v) is 10.8. The SMILES string of the molecule is CC1(S(=O)(=O)NC(=O)[C@@]2(N)CCC2C(F)F)CC1. The van der Waals surface area contributed by atoms with Gasteiger partial charge in [-0.15, -0.1) is 0 Å². The van der Waals surface area contributed by atoms with Crippen molar-refractivity contribution in [3.63, 3.8) is 0 Å². The lowest BCUT2D eigenvalue weighted by Crippen LogP contribution is -2.67. The Bertz CT molecular complexity index is 476. The van der Waals surface area contributed by atoms with Crippen LogP contribution in [-0.2, 0) is 14.8 Å². The Kier molecular flexibility index (Phi) is 2.93. The zero-order chi connectivity index (χ0) is 13.8. The molecule has 1 unspecified atom stereocenters. The van der Waals surface area contributed by atoms with Gasteiger partial charge in [-0.2, -0.15) is 0 Å². The minimum atomic E-state index is -3.82. The average Bonchev–Trinajstić information content (AvgIpc) is 2.93. The molecule has 18 heavy (non-hydrogen) atoms. The van der Waals surface area contributed by atoms with E-state index in [0.717, 1.165) is 0 Å². The third-order valence-corrected chi connectivity index (χ3v) is 6.25. The Labute approximate surface area is 104 Å². The van der Waals surface area contributed by atoms with Crippen LogP contribution >= 0.6 is 0 Å². The number of alkyl halides is 2. The Balaban J connectivity index is 2.09. The van der Waals surface area contributed by atoms with Gasteiger partial charge in [0.15, 0.2) is 0 Å². The van der Waals surface area contributed by atoms with Crippen LogP contribution in [0.25, 0.3) is 0 Å². The summed E-state index contributed by atoms with van der Waals surface area (Å²) in [6.45, 7) is 1.51. The fourth-order valence-electron chi connectivity index (χ4n) is 2.04. The van der Waals surface area contributed by atoms with Crippen molar-refractivity contribution >= 4 is 15.9 Å². The highest BCUT2D eigenvalue weighted by Crippen LogP contribution is 2.44. The molecular formula is C10H16F2N2O3S. The summed E-state index contributed by atoms with van der Waals surface area (Å²) in [7, 11) is -3.82. The molecule has 0 bridgehead atoms. The van der Waals surface area contributed by atoms with Crippen molar-refractivity contribution in [2.24, 2.45) is 11.7 Å². The standard InChI is InChI=1S/C10H16F2N2O3S/c1-9(4-5-9)18(16,17)14-8(15)10(13)3-2-6(10)7(11)12/h6-7H,2-5,13H2,1H3,(H,14,15)/t6?,10-/m1/s1. The van der Waals surface area contributed by atoms with Crippen LogP contribution in [0.3, 0.4) is 0 Å². The molecule has 8 heteroatoms. The molecule has 104 valence electrons. The third-order valence-electron chi connectivity index (χ3n) is 4.09. The smallest absolute Gasteiger partial charge is 0.254 e. The van der Waals surface area contributed by atoms with Crippen molar-refractivity contribution in [1.82, 2.24) is 4.72 Å². The van der Waals surface area contributed by atoms with Crippen LogP contribution < -0.4 is 10.5 Å². The van der Waals surface area contributed by atoms with Crippen LogP contribution in [-0.4, -0.2) is 31.0 Å². The second-order valence-corrected chi connectivity index (χ2v) is 7.60. The molecule has 0 aromatic rings. The molecular weight excluding hydrogens is 266 g/mol. The molecule has 2 fully saturated rings. The molecule has 2 saturated carbocycles. The third kappa shape index (κ3) is 1.91. The van der Waals surface area contributed by atoms with E-state index in [4.69, 9.17) is 5.73 Å². The summed E-state index contributed by atoms with van der Waals surface area (Å²) in [6, 6.07) is 0. The predicted molar refractivity (Wildman–Crippen MR) is 60.3 cm³/mol. The lowest BCUT2D eigenvalue weighted by Gasteiger charge is -2.44. The van der Waals surface area contributed by atoms with Gasteiger partial charge in [0.1, 0.15) is 5.54 Å². The normalized spacial score (nSPS) is 33.9. The van der Waals surface area contributed by atoms with Gasteiger partial charge in [-0.25, -0.2) is 17.2 Å². The first-order valence-electron chi connectivity index (χ1n) is 5.76. The molecule has 3 N–H and O–H groups in total. The summed E-state index contributed by atoms with van der Waals surface area (Å²) in [5.41, 5.74) is 3.85. The number of sulfonamides is 1. The van der Waals surface area contributed by atoms with Crippen LogP contribution in [0.15, 0.2) is 0 Å². The first-order valence-corrected chi connectivity index (χ1v) is 7.24. The number of carbonyl (C=O) groups is 1. The Hall–Kier alpha value is -0.760. The van der Waals surface area contributed by atoms with Crippen molar-refractivity contribution in [2.45, 2.75) is 49.3 Å². The Morgan fingerprint density at radius 1 is 1.39 bits per heavy atom. The molecule has 1 amide bonds. The molecule has 0 heterocycles. The predicted octanol–water partition coefficient (Wildman–Crippen LogP) is 0.357. The monoisotopic (exact) mass is 282 g/mol. The van der Waals surface area contributed by atoms with Crippen LogP contribution in [0.1, 0.15) is 32.6 Å². The highest BCUT2D eigenvalue weighted by molar-refractivity contribution is 7.91. The van der Waals surface area contributed by atoms with E-state index in [2.05, 4.69) is 0 Å². The van der Waals surface area contributed by atoms with E-state index in [0.29, 0.717) is 12.8 Å². The number of carbonyl (C=O) groups excluding carboxylic acids is 1. The topological polar surface area (TPSA) is 89.3 Å². The van der Waals surface area contributed by atoms with Gasteiger partial charge >= 0.3 is 0 Å². The molecule has 0 aromatic heterocycles. The number of amides is 1. The maximum Gasteiger partial charge on any atom is 0.254 e. The van der Waals surface area contributed by atoms with E-state index in [1.54, 1.807) is 0 Å². The first kappa shape index (κ1) is 13.7. The average molecular weight is 282 g/mol. The summed E-state index contributed by atoms with van der Waals surface area (Å²) in [5.74, 6) is -2.27. The van der Waals surface area contributed by atoms with E-state index in [1.165, 1.54) is 6.92 Å². The van der Waals surface area contributed by atoms with Crippen molar-refractivity contribution in [3.8, 4) is 0 Å². The molecule has 5 nitrogen and oxygen atoms in total. The maximum absolute atomic E-state index is 12.6. The van der Waals surface area contributed by atoms with Crippen molar-refractivity contribution in [1.29, 1.82) is 0 Å². The van der Waals surface area contributed by atoms with E-state index >= 15 is 0 Å². The Morgan fingerprint density at radius 2 is 1.94 bits per heavy atom. The van der Waals surface area contributed by atoms with Crippen LogP contribution in [0.5, 0.6) is 0 Å². The zero-order valence-electron chi connectivity index (χ0n) is 9.95. The number of hydrogen-bond donors (Lipinski definition) is 2. The molecule has 2 atom stereocenters. The van der Waals surface area contributed by atoms with Crippen LogP contribution in [0.4, 0.5) is 8.78 Å². The van der Waals surface area contributed by atoms with Gasteiger partial charge in [0, 0.05) is 5.92 Å². The quantitative estimate of drug-likeness (QED) is 0.779. The molecule has 2 rings (SSSR count). The summed E-state index contributed by atoms with van der Waals surface area (Å²) in [4.78, 5) is 11.8. The summed E-state index contributed by atoms with van der Waals surface area (Å²) >= 11 is 0. The van der Waals surface area contributed by atoms with Crippen molar-refractivity contribution in [3.05, 3.63) is 0 Å². The molecule has 0 aliphatic heterocycles. The number of halogens is 2. The Morgan fingerprint density at radius 3 is 2.28 bits per heavy atom. The second-order valence-electron chi connectivity index (χ2n) is 5.40. The molecule has 0 aromatic carbocycles. The van der Waals surface area contributed by atoms with Crippen molar-refractivity contribution < 1.29 is 22.0 Å². The lowest BCUT2D eigenvalue weighted by atomic mass is 9.67. The number of nitrogens with one attached hydrogen (secondary N) is 1. The summed E-state index contributed by atoms with van der Waals surface area (Å²) in [5, 5.41) is 0. The van der Waals surface area contributed by atoms with Gasteiger partial charge in [-0.1, -0.05) is 0 Å². The number of nitrogens with two attached hydrogens (primary N) is 1. The first-order chi connectivity index (χ1) is 8.12. The van der Waals surface area contributed by atoms with Gasteiger partial charge in [0.25, 0.3) is 5.91 Å². The van der Waals surface area contributed by atoms with E-state index in [1.807, 2.05) is 4.72 Å². The lowest BCUT2D eigenvalue weighted by molar-refractivity contribution is -0.136. The fraction of sp³-hybridized carbons (Fsp3) is 0.900. The van der Waals surface area contributed by atoms with Gasteiger partial charge in [-0.3, -0.25) is 9.52 Å². The largest absolute Gasteiger partial charge is 0.317 e. The molecule has 2 aliphatic rings. The molecule has 0 saturated heterocycles. The minimum Gasteiger partial charge on any atom is -0.317 e. The highest BCUT2D eigenvalue weighted by atomic mass is 32.2. The van der Waals surface area contributed by atoms with Crippen molar-refractivity contribution in [2.75, 3.05) is 0 Å². The molecule has 0 radical (unpaired) electrons. The van der Waals surface area contributed by atoms with Gasteiger partial charge in [0.05, 0.1) is 4.75 Å². The van der Waals surface area contributed by atoms with E-state index in [9.17, 15) is 22.0 Å². The number of rotatable bonds is 4. The van der Waals surface area contributed by atoms with Gasteiger partial charge in [-0.05, 0) is 32.6 Å². The van der Waals surface area contributed by atoms with Gasteiger partial charge in [0.2, 0.25) is 16.4 Å². The summed E-state index contributed by atoms with van der Waals surface area (Å²) < 4.78 is 49.7. The maximum atomic E-state index is 12.6.